The average molecular weight is 326 g/mol. The maximum absolute atomic E-state index is 12.3. The van der Waals surface area contributed by atoms with Crippen molar-refractivity contribution in [3.63, 3.8) is 0 Å². The third-order valence-corrected chi connectivity index (χ3v) is 4.73. The molecule has 2 heterocycles. The molecule has 0 aromatic heterocycles. The Morgan fingerprint density at radius 2 is 1.91 bits per heavy atom. The van der Waals surface area contributed by atoms with Crippen molar-refractivity contribution >= 4 is 17.8 Å². The van der Waals surface area contributed by atoms with Gasteiger partial charge < -0.3 is 19.6 Å². The predicted octanol–water partition coefficient (Wildman–Crippen LogP) is 0.585. The number of piperidine rings is 1. The van der Waals surface area contributed by atoms with Crippen molar-refractivity contribution in [1.29, 1.82) is 0 Å². The second-order valence-corrected chi connectivity index (χ2v) is 6.53. The number of carboxylic acids is 1. The number of hydrogen-bond acceptors (Lipinski definition) is 4. The van der Waals surface area contributed by atoms with Crippen LogP contribution in [0.5, 0.6) is 0 Å². The molecule has 0 aliphatic carbocycles. The van der Waals surface area contributed by atoms with Crippen LogP contribution < -0.4 is 0 Å². The molecule has 1 N–H and O–H groups in total. The zero-order valence-electron chi connectivity index (χ0n) is 13.7. The number of carboxylic acid groups (broad SMARTS) is 1. The standard InChI is InChI=1S/C16H26N2O5/c1-17(14(19)9-12-4-7-23-8-5-12)11-15(20)18-6-2-3-13(10-18)16(21)22/h12-13H,2-11H2,1H3,(H,21,22). The Morgan fingerprint density at radius 1 is 1.22 bits per heavy atom. The van der Waals surface area contributed by atoms with E-state index in [1.54, 1.807) is 11.9 Å². The van der Waals surface area contributed by atoms with Crippen LogP contribution in [0.4, 0.5) is 0 Å². The summed E-state index contributed by atoms with van der Waals surface area (Å²) in [5.74, 6) is -1.21. The summed E-state index contributed by atoms with van der Waals surface area (Å²) >= 11 is 0. The molecule has 2 saturated heterocycles. The molecule has 7 heteroatoms. The quantitative estimate of drug-likeness (QED) is 0.799. The lowest BCUT2D eigenvalue weighted by molar-refractivity contribution is -0.147. The van der Waals surface area contributed by atoms with Crippen LogP contribution in [-0.2, 0) is 19.1 Å². The molecular formula is C16H26N2O5. The van der Waals surface area contributed by atoms with E-state index in [4.69, 9.17) is 9.84 Å². The number of rotatable bonds is 5. The number of likely N-dealkylation sites (tertiary alicyclic amines) is 1. The lowest BCUT2D eigenvalue weighted by Crippen LogP contribution is -2.47. The molecular weight excluding hydrogens is 300 g/mol. The highest BCUT2D eigenvalue weighted by atomic mass is 16.5. The molecule has 2 rings (SSSR count). The first kappa shape index (κ1) is 17.7. The number of hydrogen-bond donors (Lipinski definition) is 1. The third kappa shape index (κ3) is 5.20. The Hall–Kier alpha value is -1.63. The molecule has 0 aromatic carbocycles. The van der Waals surface area contributed by atoms with Gasteiger partial charge in [0.15, 0.2) is 0 Å². The van der Waals surface area contributed by atoms with E-state index in [1.807, 2.05) is 0 Å². The molecule has 7 nitrogen and oxygen atoms in total. The Morgan fingerprint density at radius 3 is 2.57 bits per heavy atom. The number of nitrogens with zero attached hydrogens (tertiary/aromatic N) is 2. The highest BCUT2D eigenvalue weighted by Gasteiger charge is 2.29. The van der Waals surface area contributed by atoms with Gasteiger partial charge in [0.1, 0.15) is 0 Å². The summed E-state index contributed by atoms with van der Waals surface area (Å²) in [5.41, 5.74) is 0. The van der Waals surface area contributed by atoms with Crippen LogP contribution in [0.15, 0.2) is 0 Å². The van der Waals surface area contributed by atoms with Gasteiger partial charge in [-0.05, 0) is 31.6 Å². The minimum absolute atomic E-state index is 0.0222. The fraction of sp³-hybridized carbons (Fsp3) is 0.812. The monoisotopic (exact) mass is 326 g/mol. The summed E-state index contributed by atoms with van der Waals surface area (Å²) in [6, 6.07) is 0. The van der Waals surface area contributed by atoms with Gasteiger partial charge in [0.05, 0.1) is 12.5 Å². The SMILES string of the molecule is CN(CC(=O)N1CCCC(C(=O)O)C1)C(=O)CC1CCOCC1. The van der Waals surface area contributed by atoms with E-state index >= 15 is 0 Å². The molecule has 0 radical (unpaired) electrons. The molecule has 1 atom stereocenters. The minimum atomic E-state index is -0.855. The first-order valence-corrected chi connectivity index (χ1v) is 8.29. The molecule has 1 unspecified atom stereocenters. The van der Waals surface area contributed by atoms with Gasteiger partial charge in [-0.1, -0.05) is 0 Å². The van der Waals surface area contributed by atoms with E-state index in [1.165, 1.54) is 4.90 Å². The van der Waals surface area contributed by atoms with Crippen LogP contribution in [-0.4, -0.2) is 72.6 Å². The average Bonchev–Trinajstić information content (AvgIpc) is 2.55. The van der Waals surface area contributed by atoms with Crippen molar-refractivity contribution in [3.8, 4) is 0 Å². The van der Waals surface area contributed by atoms with Crippen LogP contribution in [0, 0.1) is 11.8 Å². The maximum atomic E-state index is 12.3. The van der Waals surface area contributed by atoms with Gasteiger partial charge in [0.25, 0.3) is 0 Å². The van der Waals surface area contributed by atoms with E-state index in [0.29, 0.717) is 44.9 Å². The molecule has 0 aromatic rings. The number of ether oxygens (including phenoxy) is 1. The Bertz CT molecular complexity index is 448. The van der Waals surface area contributed by atoms with Gasteiger partial charge in [-0.2, -0.15) is 0 Å². The van der Waals surface area contributed by atoms with Gasteiger partial charge in [-0.3, -0.25) is 14.4 Å². The molecule has 23 heavy (non-hydrogen) atoms. The maximum Gasteiger partial charge on any atom is 0.308 e. The zero-order valence-corrected chi connectivity index (χ0v) is 13.7. The number of aliphatic carboxylic acids is 1. The van der Waals surface area contributed by atoms with Crippen LogP contribution >= 0.6 is 0 Å². The van der Waals surface area contributed by atoms with E-state index in [2.05, 4.69) is 0 Å². The summed E-state index contributed by atoms with van der Waals surface area (Å²) in [4.78, 5) is 38.6. The molecule has 130 valence electrons. The zero-order chi connectivity index (χ0) is 16.8. The molecule has 0 spiro atoms. The Kier molecular flexibility index (Phi) is 6.38. The van der Waals surface area contributed by atoms with Crippen molar-refractivity contribution in [2.45, 2.75) is 32.1 Å². The lowest BCUT2D eigenvalue weighted by Gasteiger charge is -2.32. The second-order valence-electron chi connectivity index (χ2n) is 6.53. The largest absolute Gasteiger partial charge is 0.481 e. The summed E-state index contributed by atoms with van der Waals surface area (Å²) in [7, 11) is 1.64. The van der Waals surface area contributed by atoms with Crippen molar-refractivity contribution < 1.29 is 24.2 Å². The second kappa shape index (κ2) is 8.29. The van der Waals surface area contributed by atoms with E-state index in [9.17, 15) is 14.4 Å². The molecule has 0 saturated carbocycles. The smallest absolute Gasteiger partial charge is 0.308 e. The predicted molar refractivity (Wildman–Crippen MR) is 82.7 cm³/mol. The Labute approximate surface area is 136 Å². The first-order valence-electron chi connectivity index (χ1n) is 8.29. The van der Waals surface area contributed by atoms with Crippen molar-refractivity contribution in [3.05, 3.63) is 0 Å². The van der Waals surface area contributed by atoms with Crippen molar-refractivity contribution in [2.75, 3.05) is 39.9 Å². The van der Waals surface area contributed by atoms with E-state index in [0.717, 1.165) is 12.8 Å². The third-order valence-electron chi connectivity index (χ3n) is 4.73. The number of likely N-dealkylation sites (N-methyl/N-ethyl adjacent to an activating group) is 1. The van der Waals surface area contributed by atoms with Crippen molar-refractivity contribution in [2.24, 2.45) is 11.8 Å². The van der Waals surface area contributed by atoms with Crippen LogP contribution in [0.25, 0.3) is 0 Å². The van der Waals surface area contributed by atoms with Gasteiger partial charge >= 0.3 is 5.97 Å². The van der Waals surface area contributed by atoms with Gasteiger partial charge in [-0.15, -0.1) is 0 Å². The van der Waals surface area contributed by atoms with Crippen LogP contribution in [0.2, 0.25) is 0 Å². The number of carbonyl (C=O) groups is 3. The van der Waals surface area contributed by atoms with Gasteiger partial charge in [0, 0.05) is 39.8 Å². The highest BCUT2D eigenvalue weighted by molar-refractivity contribution is 5.85. The lowest BCUT2D eigenvalue weighted by atomic mass is 9.96. The fourth-order valence-corrected chi connectivity index (χ4v) is 3.15. The van der Waals surface area contributed by atoms with Crippen LogP contribution in [0.1, 0.15) is 32.1 Å². The number of carbonyl (C=O) groups excluding carboxylic acids is 2. The van der Waals surface area contributed by atoms with Crippen LogP contribution in [0.3, 0.4) is 0 Å². The highest BCUT2D eigenvalue weighted by Crippen LogP contribution is 2.20. The van der Waals surface area contributed by atoms with Gasteiger partial charge in [0.2, 0.25) is 11.8 Å². The van der Waals surface area contributed by atoms with Crippen molar-refractivity contribution in [1.82, 2.24) is 9.80 Å². The summed E-state index contributed by atoms with van der Waals surface area (Å²) in [5, 5.41) is 9.08. The molecule has 2 aliphatic heterocycles. The Balaban J connectivity index is 1.79. The van der Waals surface area contributed by atoms with E-state index in [-0.39, 0.29) is 24.9 Å². The minimum Gasteiger partial charge on any atom is -0.481 e. The summed E-state index contributed by atoms with van der Waals surface area (Å²) in [6.45, 7) is 2.24. The first-order chi connectivity index (χ1) is 11.0. The molecule has 2 aliphatic rings. The normalized spacial score (nSPS) is 22.7. The van der Waals surface area contributed by atoms with E-state index < -0.39 is 11.9 Å². The molecule has 2 amide bonds. The number of amides is 2. The summed E-state index contributed by atoms with van der Waals surface area (Å²) < 4.78 is 5.28. The molecule has 2 fully saturated rings. The summed E-state index contributed by atoms with van der Waals surface area (Å²) in [6.07, 6.45) is 3.53. The molecule has 0 bridgehead atoms. The van der Waals surface area contributed by atoms with Gasteiger partial charge in [-0.25, -0.2) is 0 Å². The topological polar surface area (TPSA) is 87.2 Å². The fourth-order valence-electron chi connectivity index (χ4n) is 3.15.